The van der Waals surface area contributed by atoms with Crippen LogP contribution in [0.15, 0.2) is 83.8 Å². The number of amides is 6. The van der Waals surface area contributed by atoms with Gasteiger partial charge >= 0.3 is 11.9 Å². The van der Waals surface area contributed by atoms with Crippen molar-refractivity contribution in [2.75, 3.05) is 30.3 Å². The Morgan fingerprint density at radius 1 is 0.649 bits per heavy atom. The summed E-state index contributed by atoms with van der Waals surface area (Å²) >= 11 is 4.43. The summed E-state index contributed by atoms with van der Waals surface area (Å²) in [7, 11) is 0. The predicted molar refractivity (Wildman–Crippen MR) is 278 cm³/mol. The number of aliphatic carboxylic acids is 1. The Hall–Kier alpha value is -8.20. The number of thiazole rings is 2. The summed E-state index contributed by atoms with van der Waals surface area (Å²) in [5.41, 5.74) is 3.99. The summed E-state index contributed by atoms with van der Waals surface area (Å²) in [6, 6.07) is 15.4. The number of aromatic amines is 2. The fourth-order valence-electron chi connectivity index (χ4n) is 7.17. The second kappa shape index (κ2) is 24.0. The molecule has 2 aromatic carbocycles. The molecule has 0 bridgehead atoms. The molecule has 0 unspecified atom stereocenters. The number of carboxylic acid groups (broad SMARTS) is 1. The monoisotopic (exact) mass is 1080 g/mol. The second-order valence-electron chi connectivity index (χ2n) is 16.7. The molecule has 8 aromatic rings. The average Bonchev–Trinajstić information content (AvgIpc) is 4.12. The van der Waals surface area contributed by atoms with Gasteiger partial charge in [0.1, 0.15) is 21.8 Å². The quantitative estimate of drug-likeness (QED) is 0.0441. The molecular weight excluding hydrogens is 1030 g/mol. The third-order valence-electron chi connectivity index (χ3n) is 11.1. The number of aromatic nitrogens is 6. The van der Waals surface area contributed by atoms with Crippen molar-refractivity contribution in [1.82, 2.24) is 51.6 Å². The number of carboxylic acids is 1. The number of ether oxygens (including phenoxy) is 1. The van der Waals surface area contributed by atoms with E-state index < -0.39 is 41.7 Å². The number of anilines is 2. The number of carbonyl (C=O) groups is 8. The maximum atomic E-state index is 13.1. The minimum atomic E-state index is -1.35. The van der Waals surface area contributed by atoms with Crippen molar-refractivity contribution in [3.63, 3.8) is 0 Å². The highest BCUT2D eigenvalue weighted by Gasteiger charge is 2.30. The number of nitrogens with zero attached hydrogens (tertiary/aromatic N) is 4. The largest absolute Gasteiger partial charge is 0.480 e. The molecule has 1 fully saturated rings. The highest BCUT2D eigenvalue weighted by atomic mass is 32.1. The topological polar surface area (TPSA) is 321 Å². The smallest absolute Gasteiger partial charge is 0.330 e. The second-order valence-corrected chi connectivity index (χ2v) is 20.5. The maximum Gasteiger partial charge on any atom is 0.330 e. The van der Waals surface area contributed by atoms with E-state index in [2.05, 4.69) is 62.3 Å². The minimum Gasteiger partial charge on any atom is -0.480 e. The maximum absolute atomic E-state index is 13.1. The number of fused-ring (bicyclic) bond motifs is 2. The third-order valence-corrected chi connectivity index (χ3v) is 15.0. The van der Waals surface area contributed by atoms with Crippen LogP contribution in [0, 0.1) is 19.8 Å². The summed E-state index contributed by atoms with van der Waals surface area (Å²) in [6.07, 6.45) is 5.52. The molecule has 0 saturated heterocycles. The van der Waals surface area contributed by atoms with Crippen LogP contribution in [-0.4, -0.2) is 115 Å². The van der Waals surface area contributed by atoms with Gasteiger partial charge in [-0.15, -0.1) is 22.7 Å². The minimum absolute atomic E-state index is 0.0854. The van der Waals surface area contributed by atoms with Crippen LogP contribution >= 0.6 is 45.3 Å². The van der Waals surface area contributed by atoms with Crippen molar-refractivity contribution in [2.24, 2.45) is 5.92 Å². The summed E-state index contributed by atoms with van der Waals surface area (Å²) in [5.74, 6) is -4.16. The van der Waals surface area contributed by atoms with Crippen molar-refractivity contribution >= 4 is 125 Å². The van der Waals surface area contributed by atoms with E-state index in [-0.39, 0.29) is 70.3 Å². The molecule has 9 N–H and O–H groups in total. The van der Waals surface area contributed by atoms with E-state index in [1.54, 1.807) is 61.3 Å². The van der Waals surface area contributed by atoms with Crippen LogP contribution in [-0.2, 0) is 36.8 Å². The Bertz CT molecular complexity index is 3340. The van der Waals surface area contributed by atoms with E-state index in [0.29, 0.717) is 27.1 Å². The number of aryl methyl sites for hydroxylation is 2. The van der Waals surface area contributed by atoms with Gasteiger partial charge in [-0.3, -0.25) is 39.0 Å². The average molecular weight is 1080 g/mol. The molecule has 6 amide bonds. The lowest BCUT2D eigenvalue weighted by atomic mass is 10.1. The van der Waals surface area contributed by atoms with Gasteiger partial charge in [-0.1, -0.05) is 59.1 Å². The van der Waals surface area contributed by atoms with E-state index in [1.807, 2.05) is 36.4 Å². The van der Waals surface area contributed by atoms with Gasteiger partial charge in [0, 0.05) is 23.9 Å². The van der Waals surface area contributed by atoms with Crippen LogP contribution in [0.2, 0.25) is 0 Å². The van der Waals surface area contributed by atoms with Crippen LogP contribution in [0.1, 0.15) is 74.0 Å². The molecule has 74 heavy (non-hydrogen) atoms. The van der Waals surface area contributed by atoms with Crippen LogP contribution in [0.25, 0.3) is 21.8 Å². The van der Waals surface area contributed by atoms with Gasteiger partial charge in [-0.05, 0) is 78.8 Å². The van der Waals surface area contributed by atoms with Crippen molar-refractivity contribution < 1.29 is 48.2 Å². The van der Waals surface area contributed by atoms with Crippen molar-refractivity contribution in [2.45, 2.75) is 51.6 Å². The number of rotatable bonds is 20. The lowest BCUT2D eigenvalue weighted by molar-refractivity contribution is -0.146. The molecule has 0 radical (unpaired) electrons. The molecule has 2 atom stereocenters. The van der Waals surface area contributed by atoms with Crippen molar-refractivity contribution in [3.05, 3.63) is 126 Å². The zero-order valence-electron chi connectivity index (χ0n) is 39.3. The molecule has 9 rings (SSSR count). The molecule has 0 spiro atoms. The molecule has 0 aliphatic heterocycles. The Labute approximate surface area is 436 Å². The zero-order chi connectivity index (χ0) is 52.3. The number of hydrogen-bond acceptors (Lipinski definition) is 17. The van der Waals surface area contributed by atoms with E-state index in [0.717, 1.165) is 68.4 Å². The van der Waals surface area contributed by atoms with Gasteiger partial charge in [-0.25, -0.2) is 19.6 Å². The first kappa shape index (κ1) is 52.1. The van der Waals surface area contributed by atoms with Crippen LogP contribution < -0.4 is 31.9 Å². The predicted octanol–water partition coefficient (Wildman–Crippen LogP) is 5.24. The Balaban J connectivity index is 0.000000198. The number of H-pyrrole nitrogens is 2. The molecule has 1 saturated carbocycles. The summed E-state index contributed by atoms with van der Waals surface area (Å²) in [5, 5.41) is 44.5. The Morgan fingerprint density at radius 3 is 1.57 bits per heavy atom. The van der Waals surface area contributed by atoms with Crippen LogP contribution in [0.4, 0.5) is 10.3 Å². The highest BCUT2D eigenvalue weighted by molar-refractivity contribution is 7.18. The Kier molecular flexibility index (Phi) is 16.9. The fourth-order valence-corrected chi connectivity index (χ4v) is 10.2. The van der Waals surface area contributed by atoms with Crippen molar-refractivity contribution in [1.29, 1.82) is 0 Å². The van der Waals surface area contributed by atoms with E-state index >= 15 is 0 Å². The molecule has 1 aliphatic rings. The number of nitrogens with one attached hydrogen (secondary N) is 8. The molecule has 26 heteroatoms. The number of carbonyl (C=O) groups excluding carboxylic acids is 7. The van der Waals surface area contributed by atoms with Gasteiger partial charge in [0.15, 0.2) is 10.3 Å². The zero-order valence-corrected chi connectivity index (χ0v) is 42.6. The van der Waals surface area contributed by atoms with E-state index in [9.17, 15) is 43.5 Å². The van der Waals surface area contributed by atoms with Gasteiger partial charge in [0.05, 0.1) is 64.0 Å². The van der Waals surface area contributed by atoms with Gasteiger partial charge in [0.25, 0.3) is 23.6 Å². The van der Waals surface area contributed by atoms with Crippen molar-refractivity contribution in [3.8, 4) is 0 Å². The van der Waals surface area contributed by atoms with Gasteiger partial charge in [0.2, 0.25) is 11.8 Å². The van der Waals surface area contributed by atoms with Crippen LogP contribution in [0.5, 0.6) is 0 Å². The summed E-state index contributed by atoms with van der Waals surface area (Å²) < 4.78 is 5.38. The first-order valence-corrected chi connectivity index (χ1v) is 26.1. The van der Waals surface area contributed by atoms with E-state index in [1.165, 1.54) is 22.7 Å². The van der Waals surface area contributed by atoms with Gasteiger partial charge in [-0.2, -0.15) is 10.2 Å². The normalized spacial score (nSPS) is 12.7. The molecule has 1 aliphatic carbocycles. The Morgan fingerprint density at radius 2 is 1.12 bits per heavy atom. The van der Waals surface area contributed by atoms with E-state index in [4.69, 9.17) is 4.74 Å². The number of benzene rings is 2. The van der Waals surface area contributed by atoms with Crippen LogP contribution in [0.3, 0.4) is 0 Å². The molecule has 6 heterocycles. The molecule has 6 aromatic heterocycles. The highest BCUT2D eigenvalue weighted by Crippen LogP contribution is 2.29. The first-order valence-electron chi connectivity index (χ1n) is 22.7. The first-order chi connectivity index (χ1) is 35.7. The SMILES string of the molecule is Cc1nc(NC(=O)Cc2cccc3[nH]ncc23)sc1C(=O)N[C@@H](CNC(=O)c1cccs1)C(=O)O.Cc1nc(NC(=O)Cc2cccc3[nH]ncc23)sc1C(=O)N[C@@H](CNC(=O)c1cccs1)C(=O)OCC1CC1. The third kappa shape index (κ3) is 13.6. The summed E-state index contributed by atoms with van der Waals surface area (Å²) in [4.78, 5) is 110. The molecule has 382 valence electrons. The van der Waals surface area contributed by atoms with Gasteiger partial charge < -0.3 is 41.7 Å². The lowest BCUT2D eigenvalue weighted by Gasteiger charge is -2.18. The number of thiophene rings is 2. The number of hydrogen-bond donors (Lipinski definition) is 9. The standard InChI is InChI=1S/C26H26N6O5S2.C22H20N6O5S2/c1-14-22(39-26(29-14)31-21(33)10-16-4-2-5-18-17(16)11-28-32-18)24(35)30-19(25(36)37-13-15-7-8-15)12-27-23(34)20-6-3-9-38-20;1-11-18(20(31)26-15(21(32)33)10-23-19(30)16-6-3-7-34-16)35-22(25-11)27-17(29)8-12-4-2-5-14-13(12)9-24-28-14/h2-6,9,11,15,19H,7-8,10,12-13H2,1H3,(H,27,34)(H,28,32)(H,30,35)(H,29,31,33);2-7,9,15H,8,10H2,1H3,(H,23,30)(H,24,28)(H,26,31)(H,32,33)(H,25,27,29)/t19-;15-/m00/s1. The molecule has 22 nitrogen and oxygen atoms in total. The lowest BCUT2D eigenvalue weighted by Crippen LogP contribution is -2.49. The molecular formula is C48H46N12O10S4. The number of esters is 1. The fraction of sp³-hybridized carbons (Fsp3) is 0.250. The summed E-state index contributed by atoms with van der Waals surface area (Å²) in [6.45, 7) is 3.09.